The summed E-state index contributed by atoms with van der Waals surface area (Å²) in [5.41, 5.74) is 4.47. The molecule has 2 aromatic rings. The number of nitrogens with zero attached hydrogens (tertiary/aromatic N) is 1. The average Bonchev–Trinajstić information content (AvgIpc) is 2.58. The molecule has 1 aromatic carbocycles. The summed E-state index contributed by atoms with van der Waals surface area (Å²) < 4.78 is 11.2. The van der Waals surface area contributed by atoms with Crippen molar-refractivity contribution in [3.63, 3.8) is 0 Å². The fraction of sp³-hybridized carbons (Fsp3) is 0.412. The van der Waals surface area contributed by atoms with Crippen LogP contribution in [0, 0.1) is 0 Å². The molecule has 3 rings (SSSR count). The minimum absolute atomic E-state index is 0.133. The fourth-order valence-corrected chi connectivity index (χ4v) is 2.47. The number of carbonyl (C=O) groups excluding carboxylic acids is 1. The Hall–Kier alpha value is -2.26. The van der Waals surface area contributed by atoms with Crippen LogP contribution in [-0.2, 0) is 9.53 Å². The number of rotatable bonds is 3. The van der Waals surface area contributed by atoms with Crippen molar-refractivity contribution < 1.29 is 29.6 Å². The molecule has 8 heteroatoms. The third-order valence-corrected chi connectivity index (χ3v) is 3.62. The number of aromatic nitrogens is 1. The number of hydrogen-bond acceptors (Lipinski definition) is 7. The maximum atomic E-state index is 9.81. The lowest BCUT2D eigenvalue weighted by molar-refractivity contribution is -0.229. The van der Waals surface area contributed by atoms with Gasteiger partial charge in [-0.1, -0.05) is 12.1 Å². The van der Waals surface area contributed by atoms with E-state index in [4.69, 9.17) is 9.47 Å². The van der Waals surface area contributed by atoms with Gasteiger partial charge < -0.3 is 30.5 Å². The first-order valence-electron chi connectivity index (χ1n) is 7.80. The van der Waals surface area contributed by atoms with Crippen molar-refractivity contribution in [1.82, 2.24) is 4.98 Å². The van der Waals surface area contributed by atoms with Gasteiger partial charge in [-0.3, -0.25) is 9.78 Å². The second-order valence-corrected chi connectivity index (χ2v) is 5.66. The summed E-state index contributed by atoms with van der Waals surface area (Å²) in [7, 11) is 0. The Morgan fingerprint density at radius 1 is 1.40 bits per heavy atom. The highest BCUT2D eigenvalue weighted by Crippen LogP contribution is 2.28. The molecule has 1 amide bonds. The maximum absolute atomic E-state index is 9.81. The largest absolute Gasteiger partial charge is 0.464 e. The van der Waals surface area contributed by atoms with E-state index < -0.39 is 24.6 Å². The number of benzene rings is 1. The van der Waals surface area contributed by atoms with Gasteiger partial charge in [0.25, 0.3) is 0 Å². The topological polar surface area (TPSA) is 135 Å². The molecule has 1 aliphatic rings. The van der Waals surface area contributed by atoms with E-state index in [1.807, 2.05) is 18.2 Å². The van der Waals surface area contributed by atoms with Gasteiger partial charge in [-0.2, -0.15) is 0 Å². The third kappa shape index (κ3) is 5.10. The lowest BCUT2D eigenvalue weighted by Gasteiger charge is -2.36. The van der Waals surface area contributed by atoms with Crippen molar-refractivity contribution >= 4 is 16.7 Å². The van der Waals surface area contributed by atoms with E-state index in [2.05, 4.69) is 10.7 Å². The van der Waals surface area contributed by atoms with E-state index in [0.29, 0.717) is 5.75 Å². The number of primary amides is 1. The lowest BCUT2D eigenvalue weighted by Crippen LogP contribution is -2.51. The van der Waals surface area contributed by atoms with Crippen LogP contribution in [0.5, 0.6) is 5.75 Å². The van der Waals surface area contributed by atoms with Crippen LogP contribution in [0.3, 0.4) is 0 Å². The molecule has 0 saturated carbocycles. The number of fused-ring (bicyclic) bond motifs is 1. The summed E-state index contributed by atoms with van der Waals surface area (Å²) in [5, 5.41) is 30.5. The molecule has 1 fully saturated rings. The van der Waals surface area contributed by atoms with Crippen molar-refractivity contribution in [2.24, 2.45) is 5.73 Å². The van der Waals surface area contributed by atoms with Crippen molar-refractivity contribution in [2.45, 2.75) is 37.9 Å². The average molecular weight is 350 g/mol. The Labute approximate surface area is 144 Å². The fourth-order valence-electron chi connectivity index (χ4n) is 2.47. The number of aliphatic hydroxyl groups excluding tert-OH is 3. The van der Waals surface area contributed by atoms with Gasteiger partial charge in [0.2, 0.25) is 12.2 Å². The highest BCUT2D eigenvalue weighted by molar-refractivity contribution is 5.87. The van der Waals surface area contributed by atoms with Gasteiger partial charge >= 0.3 is 0 Å². The number of nitrogens with two attached hydrogens (primary N) is 1. The van der Waals surface area contributed by atoms with Crippen molar-refractivity contribution in [1.29, 1.82) is 0 Å². The summed E-state index contributed by atoms with van der Waals surface area (Å²) in [5.74, 6) is 0.255. The second-order valence-electron chi connectivity index (χ2n) is 5.66. The first-order chi connectivity index (χ1) is 11.9. The van der Waals surface area contributed by atoms with Gasteiger partial charge in [0.15, 0.2) is 0 Å². The molecule has 4 atom stereocenters. The van der Waals surface area contributed by atoms with E-state index in [9.17, 15) is 20.1 Å². The zero-order chi connectivity index (χ0) is 18.4. The van der Waals surface area contributed by atoms with Crippen molar-refractivity contribution in [2.75, 3.05) is 6.61 Å². The lowest BCUT2D eigenvalue weighted by atomic mass is 10.0. The van der Waals surface area contributed by atoms with Gasteiger partial charge in [-0.05, 0) is 17.5 Å². The Balaban J connectivity index is 0.000000511. The van der Waals surface area contributed by atoms with Crippen LogP contribution in [-0.4, -0.2) is 57.4 Å². The number of aliphatic hydroxyl groups is 3. The molecule has 0 spiro atoms. The molecule has 25 heavy (non-hydrogen) atoms. The van der Waals surface area contributed by atoms with Crippen LogP contribution in [0.1, 0.15) is 13.3 Å². The zero-order valence-electron chi connectivity index (χ0n) is 13.8. The molecule has 1 aromatic heterocycles. The predicted octanol–water partition coefficient (Wildman–Crippen LogP) is -0.0657. The standard InChI is InChI=1S/C15H17NO5.C2H5NO/c17-8-13-15(19)11(18)6-14(21-13)20-12-3-1-2-9-4-5-16-7-10(9)12;1-2(3)4/h1-5,7,11,13-15,17-19H,6,8H2;1H3,(H2,3,4). The summed E-state index contributed by atoms with van der Waals surface area (Å²) >= 11 is 0. The number of carbonyl (C=O) groups is 1. The van der Waals surface area contributed by atoms with Crippen LogP contribution >= 0.6 is 0 Å². The molecule has 8 nitrogen and oxygen atoms in total. The minimum Gasteiger partial charge on any atom is -0.464 e. The molecular formula is C17H22N2O6. The number of ether oxygens (including phenoxy) is 2. The van der Waals surface area contributed by atoms with E-state index in [0.717, 1.165) is 10.8 Å². The zero-order valence-corrected chi connectivity index (χ0v) is 13.8. The molecule has 1 saturated heterocycles. The Morgan fingerprint density at radius 3 is 2.80 bits per heavy atom. The first-order valence-corrected chi connectivity index (χ1v) is 7.80. The quantitative estimate of drug-likeness (QED) is 0.609. The van der Waals surface area contributed by atoms with Gasteiger partial charge in [-0.15, -0.1) is 0 Å². The van der Waals surface area contributed by atoms with Crippen LogP contribution in [0.4, 0.5) is 0 Å². The van der Waals surface area contributed by atoms with Crippen LogP contribution < -0.4 is 10.5 Å². The normalized spacial score (nSPS) is 25.8. The van der Waals surface area contributed by atoms with Crippen molar-refractivity contribution in [3.05, 3.63) is 36.7 Å². The highest BCUT2D eigenvalue weighted by atomic mass is 16.7. The molecule has 1 aliphatic heterocycles. The number of amides is 1. The monoisotopic (exact) mass is 350 g/mol. The molecule has 0 bridgehead atoms. The molecule has 4 unspecified atom stereocenters. The Bertz CT molecular complexity index is 701. The molecule has 136 valence electrons. The third-order valence-electron chi connectivity index (χ3n) is 3.62. The van der Waals surface area contributed by atoms with Gasteiger partial charge in [0, 0.05) is 31.1 Å². The van der Waals surface area contributed by atoms with Gasteiger partial charge in [-0.25, -0.2) is 0 Å². The summed E-state index contributed by atoms with van der Waals surface area (Å²) in [4.78, 5) is 13.3. The molecule has 0 aliphatic carbocycles. The van der Waals surface area contributed by atoms with E-state index in [1.54, 1.807) is 18.5 Å². The van der Waals surface area contributed by atoms with E-state index in [-0.39, 0.29) is 18.9 Å². The number of hydrogen-bond donors (Lipinski definition) is 4. The van der Waals surface area contributed by atoms with Gasteiger partial charge in [0.1, 0.15) is 18.0 Å². The molecule has 2 heterocycles. The Kier molecular flexibility index (Phi) is 6.65. The Morgan fingerprint density at radius 2 is 2.12 bits per heavy atom. The summed E-state index contributed by atoms with van der Waals surface area (Å²) in [6.07, 6.45) is -0.155. The highest BCUT2D eigenvalue weighted by Gasteiger charge is 2.37. The number of pyridine rings is 1. The van der Waals surface area contributed by atoms with Crippen LogP contribution in [0.25, 0.3) is 10.8 Å². The SMILES string of the molecule is CC(N)=O.OCC1OC(Oc2cccc3ccncc23)CC(O)C1O. The van der Waals surface area contributed by atoms with Gasteiger partial charge in [0.05, 0.1) is 12.7 Å². The van der Waals surface area contributed by atoms with E-state index in [1.165, 1.54) is 6.92 Å². The maximum Gasteiger partial charge on any atom is 0.214 e. The minimum atomic E-state index is -1.11. The smallest absolute Gasteiger partial charge is 0.214 e. The summed E-state index contributed by atoms with van der Waals surface area (Å²) in [6.45, 7) is 0.926. The van der Waals surface area contributed by atoms with Crippen LogP contribution in [0.15, 0.2) is 36.7 Å². The van der Waals surface area contributed by atoms with Crippen molar-refractivity contribution in [3.8, 4) is 5.75 Å². The summed E-state index contributed by atoms with van der Waals surface area (Å²) in [6, 6.07) is 7.47. The first kappa shape index (κ1) is 19.1. The second kappa shape index (κ2) is 8.72. The molecule has 0 radical (unpaired) electrons. The molecule has 5 N–H and O–H groups in total. The molecular weight excluding hydrogens is 328 g/mol. The predicted molar refractivity (Wildman–Crippen MR) is 89.6 cm³/mol. The van der Waals surface area contributed by atoms with E-state index >= 15 is 0 Å². The van der Waals surface area contributed by atoms with Crippen LogP contribution in [0.2, 0.25) is 0 Å².